The number of halogens is 2. The number of ether oxygens (including phenoxy) is 2. The molecular formula is C18H20Cl2N2O3. The van der Waals surface area contributed by atoms with Crippen LogP contribution in [0.25, 0.3) is 0 Å². The Labute approximate surface area is 156 Å². The standard InChI is InChI=1S/C18H20Cl2N2O3/c19-14-3-1-11(9-15(14)20)17(21)18(23)16-4-2-13(10-22-16)25-12-5-7-24-8-6-12/h1-4,9-10,12,17-18,23H,5-8,21H2/t17-,18+/m0/s1. The Bertz CT molecular complexity index is 706. The number of nitrogens with zero attached hydrogens (tertiary/aromatic N) is 1. The van der Waals surface area contributed by atoms with Crippen LogP contribution in [0.2, 0.25) is 10.0 Å². The van der Waals surface area contributed by atoms with Crippen LogP contribution in [0, 0.1) is 0 Å². The largest absolute Gasteiger partial charge is 0.489 e. The second-order valence-corrected chi connectivity index (χ2v) is 6.81. The SMILES string of the molecule is N[C@@H](c1ccc(Cl)c(Cl)c1)[C@H](O)c1ccc(OC2CCOCC2)cn1. The van der Waals surface area contributed by atoms with Gasteiger partial charge in [0.15, 0.2) is 0 Å². The Morgan fingerprint density at radius 3 is 2.56 bits per heavy atom. The average Bonchev–Trinajstić information content (AvgIpc) is 2.64. The lowest BCUT2D eigenvalue weighted by Gasteiger charge is -2.23. The molecule has 1 saturated heterocycles. The molecule has 3 N–H and O–H groups in total. The number of hydrogen-bond acceptors (Lipinski definition) is 5. The zero-order valence-corrected chi connectivity index (χ0v) is 15.1. The molecule has 1 aromatic carbocycles. The van der Waals surface area contributed by atoms with Gasteiger partial charge in [0, 0.05) is 12.8 Å². The molecular weight excluding hydrogens is 363 g/mol. The third kappa shape index (κ3) is 4.63. The Kier molecular flexibility index (Phi) is 6.15. The van der Waals surface area contributed by atoms with Crippen molar-refractivity contribution >= 4 is 23.2 Å². The van der Waals surface area contributed by atoms with Crippen LogP contribution in [-0.2, 0) is 4.74 Å². The van der Waals surface area contributed by atoms with Gasteiger partial charge < -0.3 is 20.3 Å². The van der Waals surface area contributed by atoms with Gasteiger partial charge in [-0.3, -0.25) is 4.98 Å². The first-order valence-electron chi connectivity index (χ1n) is 8.13. The molecule has 1 fully saturated rings. The van der Waals surface area contributed by atoms with Gasteiger partial charge >= 0.3 is 0 Å². The molecule has 1 aromatic heterocycles. The van der Waals surface area contributed by atoms with Crippen molar-refractivity contribution in [1.29, 1.82) is 0 Å². The first-order chi connectivity index (χ1) is 12.0. The van der Waals surface area contributed by atoms with E-state index in [4.69, 9.17) is 38.4 Å². The number of nitrogens with two attached hydrogens (primary N) is 1. The summed E-state index contributed by atoms with van der Waals surface area (Å²) in [6.07, 6.45) is 2.52. The van der Waals surface area contributed by atoms with E-state index in [0.29, 0.717) is 40.3 Å². The van der Waals surface area contributed by atoms with E-state index in [-0.39, 0.29) is 6.10 Å². The molecule has 1 aliphatic rings. The summed E-state index contributed by atoms with van der Waals surface area (Å²) in [5.74, 6) is 0.672. The number of pyridine rings is 1. The maximum absolute atomic E-state index is 10.5. The minimum atomic E-state index is -0.964. The summed E-state index contributed by atoms with van der Waals surface area (Å²) in [4.78, 5) is 4.29. The Morgan fingerprint density at radius 1 is 1.16 bits per heavy atom. The molecule has 25 heavy (non-hydrogen) atoms. The normalized spacial score (nSPS) is 17.9. The van der Waals surface area contributed by atoms with Gasteiger partial charge in [0.1, 0.15) is 18.0 Å². The molecule has 2 atom stereocenters. The summed E-state index contributed by atoms with van der Waals surface area (Å²) in [7, 11) is 0. The van der Waals surface area contributed by atoms with Crippen LogP contribution >= 0.6 is 23.2 Å². The van der Waals surface area contributed by atoms with E-state index in [1.165, 1.54) is 0 Å². The lowest BCUT2D eigenvalue weighted by molar-refractivity contribution is 0.0253. The molecule has 1 aliphatic heterocycles. The van der Waals surface area contributed by atoms with E-state index in [9.17, 15) is 5.11 Å². The number of aliphatic hydroxyl groups excluding tert-OH is 1. The van der Waals surface area contributed by atoms with E-state index in [1.54, 1.807) is 36.5 Å². The summed E-state index contributed by atoms with van der Waals surface area (Å²) in [6.45, 7) is 1.43. The van der Waals surface area contributed by atoms with E-state index in [2.05, 4.69) is 4.98 Å². The van der Waals surface area contributed by atoms with Gasteiger partial charge in [-0.25, -0.2) is 0 Å². The minimum absolute atomic E-state index is 0.143. The fourth-order valence-corrected chi connectivity index (χ4v) is 3.02. The van der Waals surface area contributed by atoms with Crippen LogP contribution in [0.15, 0.2) is 36.5 Å². The van der Waals surface area contributed by atoms with Gasteiger partial charge in [0.25, 0.3) is 0 Å². The summed E-state index contributed by atoms with van der Waals surface area (Å²) in [6, 6.07) is 7.90. The first kappa shape index (κ1) is 18.4. The van der Waals surface area contributed by atoms with Crippen LogP contribution in [-0.4, -0.2) is 29.4 Å². The molecule has 2 heterocycles. The molecule has 3 rings (SSSR count). The molecule has 0 amide bonds. The molecule has 0 spiro atoms. The van der Waals surface area contributed by atoms with Gasteiger partial charge in [-0.05, 0) is 29.8 Å². The zero-order chi connectivity index (χ0) is 17.8. The Morgan fingerprint density at radius 2 is 1.92 bits per heavy atom. The number of rotatable bonds is 5. The van der Waals surface area contributed by atoms with Crippen molar-refractivity contribution in [3.63, 3.8) is 0 Å². The number of hydrogen-bond donors (Lipinski definition) is 2. The van der Waals surface area contributed by atoms with Crippen molar-refractivity contribution in [2.24, 2.45) is 5.73 Å². The molecule has 0 unspecified atom stereocenters. The molecule has 0 saturated carbocycles. The number of benzene rings is 1. The Balaban J connectivity index is 1.66. The Hall–Kier alpha value is -1.37. The topological polar surface area (TPSA) is 77.6 Å². The van der Waals surface area contributed by atoms with Crippen molar-refractivity contribution in [1.82, 2.24) is 4.98 Å². The number of aromatic nitrogens is 1. The maximum atomic E-state index is 10.5. The van der Waals surface area contributed by atoms with E-state index in [0.717, 1.165) is 12.8 Å². The minimum Gasteiger partial charge on any atom is -0.489 e. The fourth-order valence-electron chi connectivity index (χ4n) is 2.71. The van der Waals surface area contributed by atoms with Crippen molar-refractivity contribution in [2.45, 2.75) is 31.1 Å². The summed E-state index contributed by atoms with van der Waals surface area (Å²) in [5.41, 5.74) is 7.30. The summed E-state index contributed by atoms with van der Waals surface area (Å²) >= 11 is 11.9. The maximum Gasteiger partial charge on any atom is 0.138 e. The van der Waals surface area contributed by atoms with Gasteiger partial charge in [-0.15, -0.1) is 0 Å². The second-order valence-electron chi connectivity index (χ2n) is 5.99. The molecule has 7 heteroatoms. The van der Waals surface area contributed by atoms with Crippen LogP contribution in [0.5, 0.6) is 5.75 Å². The van der Waals surface area contributed by atoms with Crippen molar-refractivity contribution < 1.29 is 14.6 Å². The van der Waals surface area contributed by atoms with Crippen LogP contribution < -0.4 is 10.5 Å². The fraction of sp³-hybridized carbons (Fsp3) is 0.389. The first-order valence-corrected chi connectivity index (χ1v) is 8.89. The summed E-state index contributed by atoms with van der Waals surface area (Å²) < 4.78 is 11.2. The highest BCUT2D eigenvalue weighted by atomic mass is 35.5. The molecule has 0 bridgehead atoms. The zero-order valence-electron chi connectivity index (χ0n) is 13.6. The van der Waals surface area contributed by atoms with Gasteiger partial charge in [-0.2, -0.15) is 0 Å². The van der Waals surface area contributed by atoms with Gasteiger partial charge in [-0.1, -0.05) is 29.3 Å². The highest BCUT2D eigenvalue weighted by Crippen LogP contribution is 2.31. The highest BCUT2D eigenvalue weighted by Gasteiger charge is 2.21. The molecule has 2 aromatic rings. The van der Waals surface area contributed by atoms with E-state index < -0.39 is 12.1 Å². The van der Waals surface area contributed by atoms with Crippen molar-refractivity contribution in [2.75, 3.05) is 13.2 Å². The third-order valence-corrected chi connectivity index (χ3v) is 4.94. The van der Waals surface area contributed by atoms with Crippen molar-refractivity contribution in [3.8, 4) is 5.75 Å². The predicted molar refractivity (Wildman–Crippen MR) is 97.1 cm³/mol. The third-order valence-electron chi connectivity index (χ3n) is 4.20. The van der Waals surface area contributed by atoms with Crippen LogP contribution in [0.4, 0.5) is 0 Å². The lowest BCUT2D eigenvalue weighted by Crippen LogP contribution is -2.26. The molecule has 0 aliphatic carbocycles. The highest BCUT2D eigenvalue weighted by molar-refractivity contribution is 6.42. The smallest absolute Gasteiger partial charge is 0.138 e. The van der Waals surface area contributed by atoms with Gasteiger partial charge in [0.05, 0.1) is 41.2 Å². The van der Waals surface area contributed by atoms with E-state index in [1.807, 2.05) is 0 Å². The molecule has 5 nitrogen and oxygen atoms in total. The quantitative estimate of drug-likeness (QED) is 0.824. The van der Waals surface area contributed by atoms with Crippen molar-refractivity contribution in [3.05, 3.63) is 57.8 Å². The predicted octanol–water partition coefficient (Wildman–Crippen LogP) is 3.68. The summed E-state index contributed by atoms with van der Waals surface area (Å²) in [5, 5.41) is 11.3. The molecule has 134 valence electrons. The monoisotopic (exact) mass is 382 g/mol. The van der Waals surface area contributed by atoms with Gasteiger partial charge in [0.2, 0.25) is 0 Å². The average molecular weight is 383 g/mol. The number of aliphatic hydroxyl groups is 1. The second kappa shape index (κ2) is 8.34. The van der Waals surface area contributed by atoms with E-state index >= 15 is 0 Å². The molecule has 0 radical (unpaired) electrons. The van der Waals surface area contributed by atoms with Crippen LogP contribution in [0.3, 0.4) is 0 Å². The van der Waals surface area contributed by atoms with Crippen LogP contribution in [0.1, 0.15) is 36.2 Å². The lowest BCUT2D eigenvalue weighted by atomic mass is 10.00.